The van der Waals surface area contributed by atoms with Gasteiger partial charge in [-0.1, -0.05) is 36.2 Å². The number of hydrogen-bond donors (Lipinski definition) is 1. The van der Waals surface area contributed by atoms with Crippen LogP contribution >= 0.6 is 0 Å². The highest BCUT2D eigenvalue weighted by molar-refractivity contribution is 5.94. The maximum absolute atomic E-state index is 12.7. The van der Waals surface area contributed by atoms with E-state index in [1.165, 1.54) is 41.6 Å². The zero-order valence-electron chi connectivity index (χ0n) is 17.1. The third-order valence-electron chi connectivity index (χ3n) is 6.22. The van der Waals surface area contributed by atoms with Gasteiger partial charge >= 0.3 is 0 Å². The van der Waals surface area contributed by atoms with E-state index in [-0.39, 0.29) is 11.9 Å². The maximum atomic E-state index is 12.7. The number of piperidine rings is 1. The van der Waals surface area contributed by atoms with Gasteiger partial charge in [-0.2, -0.15) is 0 Å². The lowest BCUT2D eigenvalue weighted by molar-refractivity contribution is 0.0924. The van der Waals surface area contributed by atoms with Gasteiger partial charge in [-0.15, -0.1) is 0 Å². The molecule has 28 heavy (non-hydrogen) atoms. The molecule has 0 aromatic heterocycles. The van der Waals surface area contributed by atoms with E-state index in [1.807, 2.05) is 31.2 Å². The van der Waals surface area contributed by atoms with Crippen LogP contribution in [0.1, 0.15) is 52.4 Å². The molecule has 0 unspecified atom stereocenters. The van der Waals surface area contributed by atoms with E-state index in [0.29, 0.717) is 6.54 Å². The van der Waals surface area contributed by atoms with E-state index in [0.717, 1.165) is 31.6 Å². The Hall–Kier alpha value is -2.33. The second kappa shape index (κ2) is 8.36. The summed E-state index contributed by atoms with van der Waals surface area (Å²) >= 11 is 0. The summed E-state index contributed by atoms with van der Waals surface area (Å²) < 4.78 is 0. The molecular weight excluding hydrogens is 346 g/mol. The lowest BCUT2D eigenvalue weighted by atomic mass is 9.98. The number of aryl methyl sites for hydroxylation is 1. The van der Waals surface area contributed by atoms with Gasteiger partial charge in [0.15, 0.2) is 0 Å². The molecule has 4 heteroatoms. The quantitative estimate of drug-likeness (QED) is 0.857. The van der Waals surface area contributed by atoms with Crippen LogP contribution in [0.2, 0.25) is 0 Å². The Labute approximate surface area is 168 Å². The van der Waals surface area contributed by atoms with Crippen LogP contribution in [0.3, 0.4) is 0 Å². The van der Waals surface area contributed by atoms with Crippen LogP contribution in [0.25, 0.3) is 0 Å². The average Bonchev–Trinajstić information content (AvgIpc) is 3.10. The Kier molecular flexibility index (Phi) is 5.67. The molecule has 2 heterocycles. The van der Waals surface area contributed by atoms with Crippen LogP contribution in [-0.2, 0) is 6.42 Å². The molecule has 1 N–H and O–H groups in total. The molecule has 0 bridgehead atoms. The van der Waals surface area contributed by atoms with E-state index in [4.69, 9.17) is 0 Å². The van der Waals surface area contributed by atoms with Crippen molar-refractivity contribution in [2.24, 2.45) is 0 Å². The van der Waals surface area contributed by atoms with Gasteiger partial charge < -0.3 is 10.2 Å². The number of anilines is 1. The van der Waals surface area contributed by atoms with Crippen molar-refractivity contribution in [3.63, 3.8) is 0 Å². The molecule has 1 saturated heterocycles. The third kappa shape index (κ3) is 4.07. The number of rotatable bonds is 5. The van der Waals surface area contributed by atoms with Crippen LogP contribution < -0.4 is 10.2 Å². The number of likely N-dealkylation sites (tertiary alicyclic amines) is 1. The first-order chi connectivity index (χ1) is 13.6. The lowest BCUT2D eigenvalue weighted by Gasteiger charge is -2.35. The predicted molar refractivity (Wildman–Crippen MR) is 115 cm³/mol. The van der Waals surface area contributed by atoms with Crippen molar-refractivity contribution < 1.29 is 4.79 Å². The van der Waals surface area contributed by atoms with Gasteiger partial charge in [0.1, 0.15) is 0 Å². The minimum Gasteiger partial charge on any atom is -0.374 e. The zero-order chi connectivity index (χ0) is 19.5. The fourth-order valence-corrected chi connectivity index (χ4v) is 4.48. The Morgan fingerprint density at radius 2 is 1.79 bits per heavy atom. The average molecular weight is 378 g/mol. The summed E-state index contributed by atoms with van der Waals surface area (Å²) in [6.07, 6.45) is 4.92. The molecule has 0 spiro atoms. The largest absolute Gasteiger partial charge is 0.374 e. The van der Waals surface area contributed by atoms with Crippen molar-refractivity contribution in [3.8, 4) is 0 Å². The summed E-state index contributed by atoms with van der Waals surface area (Å²) in [6.45, 7) is 6.02. The standard InChI is InChI=1S/C24H31N3O/c1-18-6-8-19(9-7-18)24(28)25-17-23(27-13-4-3-5-14-27)20-10-11-22-21(16-20)12-15-26(22)2/h6-11,16,23H,3-5,12-15,17H2,1-2H3,(H,25,28)/t23-/m0/s1. The fourth-order valence-electron chi connectivity index (χ4n) is 4.48. The molecule has 148 valence electrons. The number of likely N-dealkylation sites (N-methyl/N-ethyl adjacent to an activating group) is 1. The molecule has 0 radical (unpaired) electrons. The molecular formula is C24H31N3O. The first-order valence-corrected chi connectivity index (χ1v) is 10.5. The van der Waals surface area contributed by atoms with E-state index in [1.54, 1.807) is 0 Å². The topological polar surface area (TPSA) is 35.6 Å². The number of fused-ring (bicyclic) bond motifs is 1. The summed E-state index contributed by atoms with van der Waals surface area (Å²) in [5, 5.41) is 3.20. The highest BCUT2D eigenvalue weighted by atomic mass is 16.1. The minimum absolute atomic E-state index is 0.0166. The number of carbonyl (C=O) groups is 1. The summed E-state index contributed by atoms with van der Waals surface area (Å²) in [5.74, 6) is 0.0166. The molecule has 1 fully saturated rings. The molecule has 4 rings (SSSR count). The first-order valence-electron chi connectivity index (χ1n) is 10.5. The van der Waals surface area contributed by atoms with Crippen molar-refractivity contribution in [2.75, 3.05) is 38.1 Å². The fraction of sp³-hybridized carbons (Fsp3) is 0.458. The number of nitrogens with one attached hydrogen (secondary N) is 1. The minimum atomic E-state index is 0.0166. The second-order valence-corrected chi connectivity index (χ2v) is 8.25. The van der Waals surface area contributed by atoms with Crippen molar-refractivity contribution >= 4 is 11.6 Å². The zero-order valence-corrected chi connectivity index (χ0v) is 17.1. The van der Waals surface area contributed by atoms with E-state index in [2.05, 4.69) is 40.4 Å². The van der Waals surface area contributed by atoms with E-state index >= 15 is 0 Å². The van der Waals surface area contributed by atoms with Crippen LogP contribution in [0, 0.1) is 6.92 Å². The van der Waals surface area contributed by atoms with Gasteiger partial charge in [0, 0.05) is 31.4 Å². The van der Waals surface area contributed by atoms with Crippen molar-refractivity contribution in [2.45, 2.75) is 38.6 Å². The van der Waals surface area contributed by atoms with Crippen LogP contribution in [0.4, 0.5) is 5.69 Å². The third-order valence-corrected chi connectivity index (χ3v) is 6.22. The van der Waals surface area contributed by atoms with Crippen molar-refractivity contribution in [1.82, 2.24) is 10.2 Å². The molecule has 0 aliphatic carbocycles. The number of carbonyl (C=O) groups excluding carboxylic acids is 1. The van der Waals surface area contributed by atoms with E-state index in [9.17, 15) is 4.79 Å². The molecule has 2 aliphatic heterocycles. The Bertz CT molecular complexity index is 824. The molecule has 2 aliphatic rings. The monoisotopic (exact) mass is 377 g/mol. The molecule has 2 aromatic rings. The van der Waals surface area contributed by atoms with Crippen LogP contribution in [0.15, 0.2) is 42.5 Å². The predicted octanol–water partition coefficient (Wildman–Crippen LogP) is 3.94. The Balaban J connectivity index is 1.52. The lowest BCUT2D eigenvalue weighted by Crippen LogP contribution is -2.40. The molecule has 0 saturated carbocycles. The second-order valence-electron chi connectivity index (χ2n) is 8.25. The highest BCUT2D eigenvalue weighted by Gasteiger charge is 2.25. The van der Waals surface area contributed by atoms with Gasteiger partial charge in [0.05, 0.1) is 6.04 Å². The Morgan fingerprint density at radius 3 is 2.54 bits per heavy atom. The van der Waals surface area contributed by atoms with Gasteiger partial charge in [-0.25, -0.2) is 0 Å². The van der Waals surface area contributed by atoms with Gasteiger partial charge in [0.25, 0.3) is 5.91 Å². The normalized spacial score (nSPS) is 18.0. The number of amides is 1. The SMILES string of the molecule is Cc1ccc(C(=O)NC[C@@H](c2ccc3c(c2)CCN3C)N2CCCCC2)cc1. The first kappa shape index (κ1) is 19.0. The summed E-state index contributed by atoms with van der Waals surface area (Å²) in [7, 11) is 2.16. The molecule has 1 atom stereocenters. The van der Waals surface area contributed by atoms with Gasteiger partial charge in [-0.05, 0) is 68.6 Å². The maximum Gasteiger partial charge on any atom is 0.251 e. The summed E-state index contributed by atoms with van der Waals surface area (Å²) in [6, 6.07) is 14.9. The highest BCUT2D eigenvalue weighted by Crippen LogP contribution is 2.32. The van der Waals surface area contributed by atoms with Crippen LogP contribution in [-0.4, -0.2) is 44.0 Å². The van der Waals surface area contributed by atoms with E-state index < -0.39 is 0 Å². The Morgan fingerprint density at radius 1 is 1.04 bits per heavy atom. The number of hydrogen-bond acceptors (Lipinski definition) is 3. The smallest absolute Gasteiger partial charge is 0.251 e. The number of nitrogens with zero attached hydrogens (tertiary/aromatic N) is 2. The van der Waals surface area contributed by atoms with Crippen molar-refractivity contribution in [3.05, 3.63) is 64.7 Å². The van der Waals surface area contributed by atoms with Crippen LogP contribution in [0.5, 0.6) is 0 Å². The van der Waals surface area contributed by atoms with Gasteiger partial charge in [-0.3, -0.25) is 9.69 Å². The molecule has 4 nitrogen and oxygen atoms in total. The molecule has 2 aromatic carbocycles. The summed E-state index contributed by atoms with van der Waals surface area (Å²) in [4.78, 5) is 17.6. The van der Waals surface area contributed by atoms with Gasteiger partial charge in [0.2, 0.25) is 0 Å². The molecule has 1 amide bonds. The van der Waals surface area contributed by atoms with Crippen molar-refractivity contribution in [1.29, 1.82) is 0 Å². The number of benzene rings is 2. The summed E-state index contributed by atoms with van der Waals surface area (Å²) in [5.41, 5.74) is 6.03.